The molecule has 208 valence electrons. The van der Waals surface area contributed by atoms with E-state index >= 15 is 0 Å². The number of carbonyl (C=O) groups is 1. The number of imidazole rings is 1. The molecule has 1 aliphatic rings. The molecule has 1 saturated heterocycles. The molecule has 4 atom stereocenters. The summed E-state index contributed by atoms with van der Waals surface area (Å²) in [6.07, 6.45) is 1.06. The van der Waals surface area contributed by atoms with E-state index in [1.54, 1.807) is 43.9 Å². The molecule has 4 unspecified atom stereocenters. The minimum atomic E-state index is -1.66. The van der Waals surface area contributed by atoms with Crippen LogP contribution in [-0.2, 0) is 18.8 Å². The standard InChI is InChI=1S/C22H29ClN7O5P.C2H6/c1-13(2)33-17(31)10-27-36(35-14-7-5-4-6-8-14)32-11-15-9-16(23)21(34-15)30-12-26-18-19(25-3)28-22(24)29-20(18)30;1-2/h4-8,12-13,15-16,21,27H,9-11H2,1-3H3,(H3,24,25,28,29);1-2H3. The van der Waals surface area contributed by atoms with Crippen LogP contribution in [0.25, 0.3) is 11.2 Å². The van der Waals surface area contributed by atoms with Crippen LogP contribution in [0.3, 0.4) is 0 Å². The molecule has 12 nitrogen and oxygen atoms in total. The van der Waals surface area contributed by atoms with E-state index in [0.717, 1.165) is 0 Å². The van der Waals surface area contributed by atoms with Gasteiger partial charge in [0.05, 0.1) is 30.5 Å². The number of nitrogen functional groups attached to an aromatic ring is 1. The van der Waals surface area contributed by atoms with Gasteiger partial charge in [-0.15, -0.1) is 11.6 Å². The van der Waals surface area contributed by atoms with Crippen LogP contribution in [0, 0.1) is 0 Å². The van der Waals surface area contributed by atoms with Crippen LogP contribution < -0.4 is 20.7 Å². The van der Waals surface area contributed by atoms with Gasteiger partial charge in [-0.05, 0) is 32.4 Å². The summed E-state index contributed by atoms with van der Waals surface area (Å²) in [7, 11) is 0.0707. The van der Waals surface area contributed by atoms with Crippen molar-refractivity contribution in [3.63, 3.8) is 0 Å². The normalized spacial score (nSPS) is 19.6. The fourth-order valence-electron chi connectivity index (χ4n) is 3.61. The van der Waals surface area contributed by atoms with E-state index in [-0.39, 0.29) is 36.7 Å². The van der Waals surface area contributed by atoms with Gasteiger partial charge in [-0.25, -0.2) is 10.1 Å². The largest absolute Gasteiger partial charge is 0.462 e. The minimum absolute atomic E-state index is 0.0566. The number of fused-ring (bicyclic) bond motifs is 1. The number of aromatic nitrogens is 4. The van der Waals surface area contributed by atoms with E-state index in [2.05, 4.69) is 25.4 Å². The molecule has 1 aliphatic heterocycles. The molecule has 0 spiro atoms. The first kappa shape index (κ1) is 29.8. The Bertz CT molecular complexity index is 1170. The Morgan fingerprint density at radius 3 is 2.71 bits per heavy atom. The van der Waals surface area contributed by atoms with Crippen molar-refractivity contribution in [2.45, 2.75) is 57.9 Å². The lowest BCUT2D eigenvalue weighted by Gasteiger charge is -2.21. The number of nitrogens with two attached hydrogens (primary N) is 1. The summed E-state index contributed by atoms with van der Waals surface area (Å²) in [4.78, 5) is 24.9. The molecular weight excluding hydrogens is 533 g/mol. The zero-order chi connectivity index (χ0) is 27.7. The number of esters is 1. The van der Waals surface area contributed by atoms with Crippen molar-refractivity contribution in [2.24, 2.45) is 0 Å². The Hall–Kier alpha value is -2.76. The fraction of sp³-hybridized carbons (Fsp3) is 0.500. The van der Waals surface area contributed by atoms with Gasteiger partial charge in [-0.1, -0.05) is 32.0 Å². The van der Waals surface area contributed by atoms with Gasteiger partial charge in [0, 0.05) is 7.05 Å². The summed E-state index contributed by atoms with van der Waals surface area (Å²) < 4.78 is 25.1. The molecule has 0 aliphatic carbocycles. The van der Waals surface area contributed by atoms with E-state index < -0.39 is 20.7 Å². The van der Waals surface area contributed by atoms with Crippen LogP contribution in [0.4, 0.5) is 11.8 Å². The second-order valence-corrected chi connectivity index (χ2v) is 10.1. The third kappa shape index (κ3) is 7.87. The highest BCUT2D eigenvalue weighted by Crippen LogP contribution is 2.39. The van der Waals surface area contributed by atoms with Gasteiger partial charge in [0.2, 0.25) is 5.95 Å². The topological polar surface area (TPSA) is 148 Å². The van der Waals surface area contributed by atoms with E-state index in [9.17, 15) is 4.79 Å². The maximum atomic E-state index is 12.0. The number of benzene rings is 1. The number of alkyl halides is 1. The molecule has 4 N–H and O–H groups in total. The van der Waals surface area contributed by atoms with E-state index in [0.29, 0.717) is 29.2 Å². The SMILES string of the molecule is CC.CNc1nc(N)nc2c1ncn2C1OC(COP(NCC(=O)OC(C)C)Oc2ccccc2)CC1Cl. The monoisotopic (exact) mass is 567 g/mol. The second kappa shape index (κ2) is 14.4. The molecule has 14 heteroatoms. The fourth-order valence-corrected chi connectivity index (χ4v) is 5.07. The summed E-state index contributed by atoms with van der Waals surface area (Å²) in [5, 5.41) is 5.60. The minimum Gasteiger partial charge on any atom is -0.462 e. The van der Waals surface area contributed by atoms with Crippen molar-refractivity contribution in [1.82, 2.24) is 24.6 Å². The molecule has 1 fully saturated rings. The van der Waals surface area contributed by atoms with Crippen molar-refractivity contribution < 1.29 is 23.3 Å². The number of anilines is 2. The van der Waals surface area contributed by atoms with Crippen LogP contribution in [0.5, 0.6) is 5.75 Å². The first-order valence-electron chi connectivity index (χ1n) is 12.4. The third-order valence-electron chi connectivity index (χ3n) is 5.11. The summed E-state index contributed by atoms with van der Waals surface area (Å²) >= 11 is 6.65. The lowest BCUT2D eigenvalue weighted by atomic mass is 10.2. The molecule has 3 heterocycles. The van der Waals surface area contributed by atoms with Crippen LogP contribution in [0.1, 0.15) is 40.3 Å². The number of para-hydroxylation sites is 1. The van der Waals surface area contributed by atoms with Gasteiger partial charge in [-0.3, -0.25) is 9.36 Å². The predicted molar refractivity (Wildman–Crippen MR) is 148 cm³/mol. The number of nitrogens with one attached hydrogen (secondary N) is 2. The highest BCUT2D eigenvalue weighted by atomic mass is 35.5. The van der Waals surface area contributed by atoms with Gasteiger partial charge in [0.25, 0.3) is 0 Å². The van der Waals surface area contributed by atoms with E-state index in [1.807, 2.05) is 32.0 Å². The summed E-state index contributed by atoms with van der Waals surface area (Å²) in [6, 6.07) is 9.20. The zero-order valence-electron chi connectivity index (χ0n) is 22.1. The van der Waals surface area contributed by atoms with Crippen LogP contribution >= 0.6 is 20.1 Å². The first-order chi connectivity index (χ1) is 18.3. The smallest absolute Gasteiger partial charge is 0.320 e. The second-order valence-electron chi connectivity index (χ2n) is 8.24. The molecule has 0 saturated carbocycles. The lowest BCUT2D eigenvalue weighted by molar-refractivity contribution is -0.145. The predicted octanol–water partition coefficient (Wildman–Crippen LogP) is 4.24. The average Bonchev–Trinajstić information content (AvgIpc) is 3.49. The Balaban J connectivity index is 0.00000195. The highest BCUT2D eigenvalue weighted by Gasteiger charge is 2.37. The van der Waals surface area contributed by atoms with Crippen molar-refractivity contribution in [3.05, 3.63) is 36.7 Å². The maximum absolute atomic E-state index is 12.0. The maximum Gasteiger partial charge on any atom is 0.320 e. The highest BCUT2D eigenvalue weighted by molar-refractivity contribution is 7.45. The van der Waals surface area contributed by atoms with E-state index in [1.165, 1.54) is 0 Å². The molecule has 0 amide bonds. The van der Waals surface area contributed by atoms with Crippen molar-refractivity contribution in [2.75, 3.05) is 31.2 Å². The zero-order valence-corrected chi connectivity index (χ0v) is 23.8. The molecule has 0 bridgehead atoms. The molecule has 3 aromatic rings. The van der Waals surface area contributed by atoms with Gasteiger partial charge < -0.3 is 29.6 Å². The summed E-state index contributed by atoms with van der Waals surface area (Å²) in [5.41, 5.74) is 6.94. The van der Waals surface area contributed by atoms with Crippen LogP contribution in [-0.4, -0.2) is 63.3 Å². The van der Waals surface area contributed by atoms with Crippen molar-refractivity contribution >= 4 is 49.0 Å². The Morgan fingerprint density at radius 1 is 1.29 bits per heavy atom. The van der Waals surface area contributed by atoms with Crippen LogP contribution in [0.2, 0.25) is 0 Å². The summed E-state index contributed by atoms with van der Waals surface area (Å²) in [6.45, 7) is 7.71. The van der Waals surface area contributed by atoms with Gasteiger partial charge in [0.1, 0.15) is 12.3 Å². The average molecular weight is 568 g/mol. The molecule has 0 radical (unpaired) electrons. The number of carbonyl (C=O) groups excluding carboxylic acids is 1. The summed E-state index contributed by atoms with van der Waals surface area (Å²) in [5.74, 6) is 0.843. The number of nitrogens with zero attached hydrogens (tertiary/aromatic N) is 4. The van der Waals surface area contributed by atoms with Crippen molar-refractivity contribution in [3.8, 4) is 5.75 Å². The van der Waals surface area contributed by atoms with Crippen molar-refractivity contribution in [1.29, 1.82) is 0 Å². The Labute approximate surface area is 228 Å². The number of halogens is 1. The van der Waals surface area contributed by atoms with Gasteiger partial charge >= 0.3 is 14.5 Å². The number of hydrogen-bond donors (Lipinski definition) is 3. The Morgan fingerprint density at radius 2 is 2.03 bits per heavy atom. The number of hydrogen-bond acceptors (Lipinski definition) is 11. The lowest BCUT2D eigenvalue weighted by Crippen LogP contribution is -2.26. The number of rotatable bonds is 11. The number of ether oxygens (including phenoxy) is 2. The molecular formula is C24H35ClN7O5P. The quantitative estimate of drug-likeness (QED) is 0.173. The van der Waals surface area contributed by atoms with Gasteiger partial charge in [0.15, 0.2) is 23.2 Å². The third-order valence-corrected chi connectivity index (χ3v) is 6.68. The molecule has 2 aromatic heterocycles. The van der Waals surface area contributed by atoms with Gasteiger partial charge in [-0.2, -0.15) is 9.97 Å². The Kier molecular flexibility index (Phi) is 11.3. The molecule has 1 aromatic carbocycles. The van der Waals surface area contributed by atoms with E-state index in [4.69, 9.17) is 35.9 Å². The van der Waals surface area contributed by atoms with Crippen LogP contribution in [0.15, 0.2) is 36.7 Å². The first-order valence-corrected chi connectivity index (χ1v) is 14.0. The molecule has 4 rings (SSSR count). The molecule has 38 heavy (non-hydrogen) atoms.